The molecule has 5 heteroatoms. The van der Waals surface area contributed by atoms with Gasteiger partial charge in [-0.2, -0.15) is 0 Å². The van der Waals surface area contributed by atoms with E-state index < -0.39 is 0 Å². The number of hydrogen-bond donors (Lipinski definition) is 0. The first kappa shape index (κ1) is 14.0. The van der Waals surface area contributed by atoms with Crippen molar-refractivity contribution in [2.45, 2.75) is 45.2 Å². The third kappa shape index (κ3) is 2.49. The summed E-state index contributed by atoms with van der Waals surface area (Å²) in [5, 5.41) is 3.22. The van der Waals surface area contributed by atoms with Gasteiger partial charge >= 0.3 is 0 Å². The van der Waals surface area contributed by atoms with Crippen LogP contribution in [0.3, 0.4) is 0 Å². The molecule has 3 rings (SSSR count). The first-order chi connectivity index (χ1) is 9.61. The zero-order valence-corrected chi connectivity index (χ0v) is 13.2. The summed E-state index contributed by atoms with van der Waals surface area (Å²) < 4.78 is 0. The summed E-state index contributed by atoms with van der Waals surface area (Å²) in [6.45, 7) is 8.04. The smallest absolute Gasteiger partial charge is 0.225 e. The number of aromatic nitrogens is 1. The van der Waals surface area contributed by atoms with Crippen molar-refractivity contribution in [1.82, 2.24) is 14.8 Å². The van der Waals surface area contributed by atoms with Gasteiger partial charge < -0.3 is 4.90 Å². The number of carbonyl (C=O) groups is 1. The first-order valence-electron chi connectivity index (χ1n) is 7.53. The molecule has 0 bridgehead atoms. The average Bonchev–Trinajstić information content (AvgIpc) is 2.90. The molecule has 1 aromatic heterocycles. The normalized spacial score (nSPS) is 27.1. The predicted octanol–water partition coefficient (Wildman–Crippen LogP) is 2.37. The summed E-state index contributed by atoms with van der Waals surface area (Å²) in [5.41, 5.74) is 0.122. The van der Waals surface area contributed by atoms with E-state index in [1.165, 1.54) is 24.3 Å². The lowest BCUT2D eigenvalue weighted by Crippen LogP contribution is -2.68. The Hall–Kier alpha value is -0.940. The highest BCUT2D eigenvalue weighted by Crippen LogP contribution is 2.39. The molecule has 20 heavy (non-hydrogen) atoms. The molecular formula is C15H23N3OS. The zero-order chi connectivity index (χ0) is 14.2. The van der Waals surface area contributed by atoms with Crippen molar-refractivity contribution in [3.05, 3.63) is 16.6 Å². The number of rotatable bonds is 3. The Morgan fingerprint density at radius 3 is 2.90 bits per heavy atom. The molecule has 4 nitrogen and oxygen atoms in total. The van der Waals surface area contributed by atoms with Crippen LogP contribution in [0.5, 0.6) is 0 Å². The van der Waals surface area contributed by atoms with Crippen LogP contribution in [-0.4, -0.2) is 45.9 Å². The van der Waals surface area contributed by atoms with Crippen LogP contribution in [-0.2, 0) is 11.3 Å². The maximum absolute atomic E-state index is 12.3. The van der Waals surface area contributed by atoms with Crippen molar-refractivity contribution in [2.24, 2.45) is 5.92 Å². The molecule has 1 amide bonds. The van der Waals surface area contributed by atoms with Gasteiger partial charge in [-0.25, -0.2) is 4.98 Å². The van der Waals surface area contributed by atoms with E-state index >= 15 is 0 Å². The Kier molecular flexibility index (Phi) is 3.82. The minimum absolute atomic E-state index is 0.113. The Morgan fingerprint density at radius 2 is 2.30 bits per heavy atom. The van der Waals surface area contributed by atoms with E-state index in [0.29, 0.717) is 5.91 Å². The predicted molar refractivity (Wildman–Crippen MR) is 80.5 cm³/mol. The maximum atomic E-state index is 12.3. The largest absolute Gasteiger partial charge is 0.335 e. The van der Waals surface area contributed by atoms with Gasteiger partial charge in [0.05, 0.1) is 12.1 Å². The van der Waals surface area contributed by atoms with Crippen LogP contribution in [0.25, 0.3) is 0 Å². The maximum Gasteiger partial charge on any atom is 0.225 e. The molecular weight excluding hydrogens is 270 g/mol. The molecule has 0 aliphatic carbocycles. The SMILES string of the molecule is CC(C)C(=O)N1CC[C@@]12CCCN(Cc1nccs1)C2. The molecule has 0 unspecified atom stereocenters. The minimum Gasteiger partial charge on any atom is -0.335 e. The highest BCUT2D eigenvalue weighted by atomic mass is 32.1. The van der Waals surface area contributed by atoms with E-state index in [9.17, 15) is 4.79 Å². The van der Waals surface area contributed by atoms with E-state index in [2.05, 4.69) is 14.8 Å². The van der Waals surface area contributed by atoms with Crippen molar-refractivity contribution in [3.63, 3.8) is 0 Å². The van der Waals surface area contributed by atoms with E-state index in [4.69, 9.17) is 0 Å². The van der Waals surface area contributed by atoms with Gasteiger partial charge in [-0.15, -0.1) is 11.3 Å². The van der Waals surface area contributed by atoms with Gasteiger partial charge in [0.15, 0.2) is 0 Å². The highest BCUT2D eigenvalue weighted by Gasteiger charge is 2.49. The van der Waals surface area contributed by atoms with E-state index in [1.54, 1.807) is 11.3 Å². The number of carbonyl (C=O) groups excluding carboxylic acids is 1. The van der Waals surface area contributed by atoms with Crippen LogP contribution in [0.4, 0.5) is 0 Å². The number of thiazole rings is 1. The van der Waals surface area contributed by atoms with Crippen molar-refractivity contribution < 1.29 is 4.79 Å². The molecule has 0 saturated carbocycles. The van der Waals surface area contributed by atoms with Gasteiger partial charge in [-0.05, 0) is 25.8 Å². The summed E-state index contributed by atoms with van der Waals surface area (Å²) in [7, 11) is 0. The Morgan fingerprint density at radius 1 is 1.45 bits per heavy atom. The molecule has 110 valence electrons. The number of piperidine rings is 1. The van der Waals surface area contributed by atoms with Crippen LogP contribution >= 0.6 is 11.3 Å². The topological polar surface area (TPSA) is 36.4 Å². The summed E-state index contributed by atoms with van der Waals surface area (Å²) in [4.78, 5) is 21.3. The standard InChI is InChI=1S/C15H23N3OS/c1-12(2)14(19)18-8-5-15(18)4-3-7-17(11-15)10-13-16-6-9-20-13/h6,9,12H,3-5,7-8,10-11H2,1-2H3/t15-/m1/s1. The van der Waals surface area contributed by atoms with Gasteiger partial charge in [-0.3, -0.25) is 9.69 Å². The van der Waals surface area contributed by atoms with E-state index in [1.807, 2.05) is 25.4 Å². The van der Waals surface area contributed by atoms with E-state index in [0.717, 1.165) is 26.2 Å². The van der Waals surface area contributed by atoms with Gasteiger partial charge in [0.2, 0.25) is 5.91 Å². The Balaban J connectivity index is 1.67. The highest BCUT2D eigenvalue weighted by molar-refractivity contribution is 7.09. The Bertz CT molecular complexity index is 473. The molecule has 2 aliphatic heterocycles. The summed E-state index contributed by atoms with van der Waals surface area (Å²) in [5.74, 6) is 0.439. The second-order valence-electron chi connectivity index (χ2n) is 6.36. The molecule has 0 N–H and O–H groups in total. The monoisotopic (exact) mass is 293 g/mol. The Labute approximate surface area is 124 Å². The molecule has 1 spiro atoms. The van der Waals surface area contributed by atoms with Crippen molar-refractivity contribution in [3.8, 4) is 0 Å². The first-order valence-corrected chi connectivity index (χ1v) is 8.41. The third-order valence-corrected chi connectivity index (χ3v) is 5.37. The van der Waals surface area contributed by atoms with E-state index in [-0.39, 0.29) is 11.5 Å². The van der Waals surface area contributed by atoms with Crippen molar-refractivity contribution in [2.75, 3.05) is 19.6 Å². The number of likely N-dealkylation sites (tertiary alicyclic amines) is 2. The summed E-state index contributed by atoms with van der Waals surface area (Å²) in [6, 6.07) is 0. The van der Waals surface area contributed by atoms with Gasteiger partial charge in [0.25, 0.3) is 0 Å². The fourth-order valence-electron chi connectivity index (χ4n) is 3.48. The molecule has 0 aromatic carbocycles. The minimum atomic E-state index is 0.113. The molecule has 2 aliphatic rings. The number of amides is 1. The van der Waals surface area contributed by atoms with Gasteiger partial charge in [0.1, 0.15) is 5.01 Å². The summed E-state index contributed by atoms with van der Waals surface area (Å²) >= 11 is 1.72. The molecule has 1 atom stereocenters. The molecule has 2 fully saturated rings. The molecule has 1 aromatic rings. The summed E-state index contributed by atoms with van der Waals surface area (Å²) in [6.07, 6.45) is 5.39. The molecule has 2 saturated heterocycles. The zero-order valence-electron chi connectivity index (χ0n) is 12.3. The molecule has 0 radical (unpaired) electrons. The fourth-order valence-corrected chi connectivity index (χ4v) is 4.14. The lowest BCUT2D eigenvalue weighted by molar-refractivity contribution is -0.156. The fraction of sp³-hybridized carbons (Fsp3) is 0.733. The van der Waals surface area contributed by atoms with Crippen LogP contribution < -0.4 is 0 Å². The van der Waals surface area contributed by atoms with Crippen molar-refractivity contribution in [1.29, 1.82) is 0 Å². The third-order valence-electron chi connectivity index (χ3n) is 4.61. The average molecular weight is 293 g/mol. The lowest BCUT2D eigenvalue weighted by atomic mass is 9.77. The van der Waals surface area contributed by atoms with Crippen LogP contribution in [0.2, 0.25) is 0 Å². The number of nitrogens with zero attached hydrogens (tertiary/aromatic N) is 3. The van der Waals surface area contributed by atoms with Crippen LogP contribution in [0, 0.1) is 5.92 Å². The lowest BCUT2D eigenvalue weighted by Gasteiger charge is -2.57. The van der Waals surface area contributed by atoms with Crippen LogP contribution in [0.1, 0.15) is 38.1 Å². The second kappa shape index (κ2) is 5.45. The molecule has 3 heterocycles. The van der Waals surface area contributed by atoms with Crippen LogP contribution in [0.15, 0.2) is 11.6 Å². The van der Waals surface area contributed by atoms with Gasteiger partial charge in [-0.1, -0.05) is 13.8 Å². The van der Waals surface area contributed by atoms with Gasteiger partial charge in [0, 0.05) is 30.6 Å². The van der Waals surface area contributed by atoms with Crippen molar-refractivity contribution >= 4 is 17.2 Å². The second-order valence-corrected chi connectivity index (χ2v) is 7.34. The number of hydrogen-bond acceptors (Lipinski definition) is 4. The quantitative estimate of drug-likeness (QED) is 0.858.